The Bertz CT molecular complexity index is 6120. The van der Waals surface area contributed by atoms with Gasteiger partial charge >= 0.3 is 5.97 Å². The summed E-state index contributed by atoms with van der Waals surface area (Å²) in [4.78, 5) is 137. The van der Waals surface area contributed by atoms with Gasteiger partial charge in [0.25, 0.3) is 38.9 Å². The lowest BCUT2D eigenvalue weighted by atomic mass is 10.1. The number of amidine groups is 1. The summed E-state index contributed by atoms with van der Waals surface area (Å²) in [5, 5.41) is 33.4. The maximum absolute atomic E-state index is 13.4. The van der Waals surface area contributed by atoms with E-state index in [1.807, 2.05) is 121 Å². The number of carbonyl (C=O) groups excluding carboxylic acids is 3. The maximum atomic E-state index is 13.4. The van der Waals surface area contributed by atoms with Crippen molar-refractivity contribution in [2.45, 2.75) is 211 Å². The molecular weight excluding hydrogens is 1750 g/mol. The molecule has 5 fully saturated rings. The quantitative estimate of drug-likeness (QED) is 0.00976. The average Bonchev–Trinajstić information content (AvgIpc) is 1.66. The Kier molecular flexibility index (Phi) is 35.4. The van der Waals surface area contributed by atoms with Crippen LogP contribution in [0.25, 0.3) is 11.6 Å². The van der Waals surface area contributed by atoms with Gasteiger partial charge in [0.05, 0.1) is 0 Å². The van der Waals surface area contributed by atoms with Crippen LogP contribution in [0.5, 0.6) is 28.7 Å². The third kappa shape index (κ3) is 26.2. The van der Waals surface area contributed by atoms with Gasteiger partial charge < -0.3 is 44.6 Å². The monoisotopic (exact) mass is 1860 g/mol. The number of halogens is 3. The van der Waals surface area contributed by atoms with Gasteiger partial charge in [0, 0.05) is 91.5 Å². The second-order valence-electron chi connectivity index (χ2n) is 34.0. The number of hydrogen-bond donors (Lipinski definition) is 4. The van der Waals surface area contributed by atoms with Crippen LogP contribution < -0.4 is 52.5 Å². The van der Waals surface area contributed by atoms with Crippen LogP contribution in [-0.2, 0) is 74.5 Å². The number of hydrogen-bond acceptors (Lipinski definition) is 24. The zero-order chi connectivity index (χ0) is 96.4. The van der Waals surface area contributed by atoms with Crippen LogP contribution in [0.2, 0.25) is 0 Å². The minimum Gasteiger partial charge on any atom is -0.501 e. The van der Waals surface area contributed by atoms with E-state index in [1.54, 1.807) is 68.6 Å². The number of ether oxygens (including phenoxy) is 4. The van der Waals surface area contributed by atoms with Crippen LogP contribution >= 0.6 is 11.6 Å². The molecule has 0 unspecified atom stereocenters. The lowest BCUT2D eigenvalue weighted by Gasteiger charge is -2.17. The van der Waals surface area contributed by atoms with E-state index in [-0.39, 0.29) is 159 Å². The number of ketones is 2. The summed E-state index contributed by atoms with van der Waals surface area (Å²) < 4.78 is 61.4. The van der Waals surface area contributed by atoms with Crippen molar-refractivity contribution in [2.24, 2.45) is 46.1 Å². The number of carboxylic acid groups (broad SMARTS) is 1. The highest BCUT2D eigenvalue weighted by molar-refractivity contribution is 6.67. The van der Waals surface area contributed by atoms with Crippen molar-refractivity contribution in [3.05, 3.63) is 324 Å². The normalized spacial score (nSPS) is 14.5. The summed E-state index contributed by atoms with van der Waals surface area (Å²) in [6, 6.07) is 49.9. The van der Waals surface area contributed by atoms with Gasteiger partial charge in [0.1, 0.15) is 73.0 Å². The molecule has 6 aromatic heterocycles. The SMILES string of the molecule is CC(=O)c1nc(C2CCCC2)n(C)c(=O)c1O.CC(=O)c1nc(C2CCCC2)n(C)c(=O)c1OCc1ccccc1.Cn1c(C2CCCC2)nc(-c2nc(Cc3ccc(F)cc3)no2)c(OCc2ccccc2)c1=O.Cn1c(C2CCCC2)nc(C(=O)Cl)c(OCc2ccccc2)c1=O.Cn1c(C2CCCC2)nc(C(=O)O)c(OCc2ccccc2)c1=O.NC(Cc1ccc(F)cc1)=NO. The van der Waals surface area contributed by atoms with Crippen molar-refractivity contribution in [2.75, 3.05) is 0 Å². The Labute approximate surface area is 782 Å². The number of oxime groups is 1. The Morgan fingerprint density at radius 1 is 0.407 bits per heavy atom. The second-order valence-corrected chi connectivity index (χ2v) is 34.3. The van der Waals surface area contributed by atoms with Gasteiger partial charge in [-0.25, -0.2) is 38.5 Å². The fraction of sp³-hybridized carbons (Fsp3) is 0.376. The minimum absolute atomic E-state index is 0.0515. The molecule has 5 N–H and O–H groups in total. The van der Waals surface area contributed by atoms with Gasteiger partial charge in [-0.1, -0.05) is 220 Å². The number of aromatic carboxylic acids is 1. The smallest absolute Gasteiger partial charge is 0.358 e. The second kappa shape index (κ2) is 47.9. The van der Waals surface area contributed by atoms with Gasteiger partial charge in [-0.2, -0.15) is 4.98 Å². The fourth-order valence-electron chi connectivity index (χ4n) is 17.1. The predicted molar refractivity (Wildman–Crippen MR) is 501 cm³/mol. The first-order valence-electron chi connectivity index (χ1n) is 45.2. The van der Waals surface area contributed by atoms with E-state index in [1.165, 1.54) is 51.8 Å². The van der Waals surface area contributed by atoms with Crippen LogP contribution in [0.1, 0.15) is 282 Å². The molecule has 0 bridgehead atoms. The molecule has 0 radical (unpaired) electrons. The molecule has 34 heteroatoms. The van der Waals surface area contributed by atoms with Gasteiger partial charge in [0.15, 0.2) is 45.9 Å². The van der Waals surface area contributed by atoms with Crippen molar-refractivity contribution >= 4 is 40.2 Å². The van der Waals surface area contributed by atoms with Crippen LogP contribution in [0, 0.1) is 11.6 Å². The molecule has 0 spiro atoms. The fourth-order valence-corrected chi connectivity index (χ4v) is 17.3. The number of aromatic hydroxyl groups is 1. The summed E-state index contributed by atoms with van der Waals surface area (Å²) in [6.45, 7) is 3.49. The van der Waals surface area contributed by atoms with E-state index in [2.05, 4.69) is 35.2 Å². The molecular formula is C101H111ClF2N14O17. The molecule has 0 atom stereocenters. The number of aromatic nitrogens is 12. The molecule has 12 aromatic rings. The van der Waals surface area contributed by atoms with Gasteiger partial charge in [-0.15, -0.1) is 0 Å². The number of carbonyl (C=O) groups is 4. The Morgan fingerprint density at radius 2 is 0.704 bits per heavy atom. The third-order valence-corrected chi connectivity index (χ3v) is 24.6. The lowest BCUT2D eigenvalue weighted by Crippen LogP contribution is -2.28. The molecule has 708 valence electrons. The molecule has 135 heavy (non-hydrogen) atoms. The number of rotatable bonds is 26. The van der Waals surface area contributed by atoms with Crippen molar-refractivity contribution in [3.63, 3.8) is 0 Å². The largest absolute Gasteiger partial charge is 0.501 e. The first-order chi connectivity index (χ1) is 65.0. The minimum atomic E-state index is -1.24. The molecule has 5 aliphatic rings. The molecule has 0 aliphatic heterocycles. The number of benzene rings is 6. The van der Waals surface area contributed by atoms with Crippen molar-refractivity contribution in [1.29, 1.82) is 0 Å². The number of carboxylic acids is 1. The molecule has 5 aliphatic carbocycles. The van der Waals surface area contributed by atoms with Crippen LogP contribution in [-0.4, -0.2) is 102 Å². The number of nitrogens with two attached hydrogens (primary N) is 1. The Hall–Kier alpha value is -14.2. The van der Waals surface area contributed by atoms with Gasteiger partial charge in [0.2, 0.25) is 28.7 Å². The molecule has 17 rings (SSSR count). The van der Waals surface area contributed by atoms with Crippen molar-refractivity contribution < 1.29 is 66.8 Å². The van der Waals surface area contributed by atoms with Crippen LogP contribution in [0.15, 0.2) is 204 Å². The first kappa shape index (κ1) is 99.8. The highest BCUT2D eigenvalue weighted by Gasteiger charge is 2.34. The zero-order valence-corrected chi connectivity index (χ0v) is 77.3. The third-order valence-electron chi connectivity index (χ3n) is 24.4. The van der Waals surface area contributed by atoms with E-state index in [0.29, 0.717) is 47.8 Å². The molecule has 6 aromatic carbocycles. The van der Waals surface area contributed by atoms with Crippen LogP contribution in [0.3, 0.4) is 0 Å². The van der Waals surface area contributed by atoms with Crippen LogP contribution in [0.4, 0.5) is 8.78 Å². The predicted octanol–water partition coefficient (Wildman–Crippen LogP) is 16.6. The Balaban J connectivity index is 0.000000149. The van der Waals surface area contributed by atoms with E-state index in [0.717, 1.165) is 162 Å². The first-order valence-corrected chi connectivity index (χ1v) is 45.6. The molecule has 0 saturated heterocycles. The van der Waals surface area contributed by atoms with E-state index in [9.17, 15) is 62.1 Å². The zero-order valence-electron chi connectivity index (χ0n) is 76.5. The molecule has 6 heterocycles. The summed E-state index contributed by atoms with van der Waals surface area (Å²) in [5.41, 5.74) is 8.55. The Morgan fingerprint density at radius 3 is 1.04 bits per heavy atom. The standard InChI is InChI=1S/C26H25FN4O3.C19H22N2O3.C18H19ClN2O3.C18H20N2O4.C12H16N2O3.C8H9FN2O/c1-31-24(19-9-5-6-10-19)29-22(23(26(31)32)33-16-18-7-3-2-4-8-18)25-28-21(30-34-25)15-17-11-13-20(27)14-12-17;1-13(22)16-17(24-12-14-8-4-3-5-9-14)19(23)21(2)18(20-16)15-10-6-7-11-15;1-21-17(13-9-5-6-10-13)20-14(16(19)22)15(18(21)23)24-11-12-7-3-2-4-8-12;1-20-16(13-9-5-6-10-13)19-14(18(22)23)15(17(20)21)24-11-12-7-3-2-4-8-12;1-7(15)9-10(16)12(17)14(2)11(13-9)8-5-3-4-6-8;9-7-3-1-6(2-4-7)5-8(10)11-12/h2-4,7-8,11-14,19H,5-6,9-10,15-16H2,1H3;3-5,8-9,15H,6-7,10-12H2,1-2H3;2-4,7-8,13H,5-6,9-11H2,1H3;2-4,7-8,13H,5-6,9-11H2,1H3,(H,22,23);8,16H,3-6H2,1-2H3;1-4,12H,5H2,(H2,10,11). The summed E-state index contributed by atoms with van der Waals surface area (Å²) in [6.07, 6.45) is 21.6. The van der Waals surface area contributed by atoms with E-state index >= 15 is 0 Å². The molecule has 31 nitrogen and oxygen atoms in total. The van der Waals surface area contributed by atoms with Crippen molar-refractivity contribution in [3.8, 4) is 40.3 Å². The summed E-state index contributed by atoms with van der Waals surface area (Å²) in [5.74, 6) is 1.76. The van der Waals surface area contributed by atoms with E-state index < -0.39 is 28.1 Å². The van der Waals surface area contributed by atoms with E-state index in [4.69, 9.17) is 51.0 Å². The highest BCUT2D eigenvalue weighted by Crippen LogP contribution is 2.39. The maximum Gasteiger partial charge on any atom is 0.358 e. The number of nitrogens with zero attached hydrogens (tertiary/aromatic N) is 13. The topological polar surface area (TPSA) is 418 Å². The summed E-state index contributed by atoms with van der Waals surface area (Å²) >= 11 is 5.66. The van der Waals surface area contributed by atoms with Gasteiger partial charge in [-0.05, 0) is 133 Å². The molecule has 5 saturated carbocycles. The van der Waals surface area contributed by atoms with Crippen molar-refractivity contribution in [1.82, 2.24) is 57.9 Å². The highest BCUT2D eigenvalue weighted by atomic mass is 35.5. The summed E-state index contributed by atoms with van der Waals surface area (Å²) in [7, 11) is 8.33. The average molecular weight is 1870 g/mol. The lowest BCUT2D eigenvalue weighted by molar-refractivity contribution is 0.0682. The number of Topliss-reactive ketones (excluding diaryl/α,β-unsaturated/α-hetero) is 2. The van der Waals surface area contributed by atoms with Gasteiger partial charge in [-0.3, -0.25) is 61.2 Å². The molecule has 0 amide bonds.